The topological polar surface area (TPSA) is 61.4 Å². The van der Waals surface area contributed by atoms with Crippen molar-refractivity contribution in [1.29, 1.82) is 0 Å². The van der Waals surface area contributed by atoms with Gasteiger partial charge in [0.1, 0.15) is 0 Å². The second-order valence-corrected chi connectivity index (χ2v) is 5.90. The van der Waals surface area contributed by atoms with Crippen LogP contribution in [0.1, 0.15) is 39.0 Å². The summed E-state index contributed by atoms with van der Waals surface area (Å²) >= 11 is 0. The van der Waals surface area contributed by atoms with Gasteiger partial charge in [-0.25, -0.2) is 0 Å². The summed E-state index contributed by atoms with van der Waals surface area (Å²) in [5, 5.41) is 15.4. The number of piperidine rings is 1. The Morgan fingerprint density at radius 2 is 2.22 bits per heavy atom. The SMILES string of the molecule is CCC(CCO)CNC(=O)C1CC12CCNCC2. The normalized spacial score (nSPS) is 26.9. The standard InChI is InChI=1S/C14H26N2O2/c1-2-11(3-8-17)10-16-13(18)12-9-14(12)4-6-15-7-5-14/h11-12,15,17H,2-10H2,1H3,(H,16,18). The summed E-state index contributed by atoms with van der Waals surface area (Å²) in [6, 6.07) is 0. The Morgan fingerprint density at radius 1 is 1.50 bits per heavy atom. The van der Waals surface area contributed by atoms with Gasteiger partial charge in [-0.2, -0.15) is 0 Å². The molecule has 0 aromatic heterocycles. The van der Waals surface area contributed by atoms with Crippen LogP contribution >= 0.6 is 0 Å². The molecule has 0 aromatic carbocycles. The highest BCUT2D eigenvalue weighted by atomic mass is 16.3. The van der Waals surface area contributed by atoms with E-state index in [1.165, 1.54) is 0 Å². The minimum absolute atomic E-state index is 0.216. The van der Waals surface area contributed by atoms with E-state index >= 15 is 0 Å². The number of hydrogen-bond acceptors (Lipinski definition) is 3. The van der Waals surface area contributed by atoms with Gasteiger partial charge in [-0.05, 0) is 50.1 Å². The largest absolute Gasteiger partial charge is 0.396 e. The van der Waals surface area contributed by atoms with E-state index in [-0.39, 0.29) is 18.4 Å². The lowest BCUT2D eigenvalue weighted by molar-refractivity contribution is -0.123. The Kier molecular flexibility index (Phi) is 4.62. The monoisotopic (exact) mass is 254 g/mol. The van der Waals surface area contributed by atoms with Crippen molar-refractivity contribution in [2.45, 2.75) is 39.0 Å². The van der Waals surface area contributed by atoms with E-state index in [1.54, 1.807) is 0 Å². The number of carbonyl (C=O) groups excluding carboxylic acids is 1. The lowest BCUT2D eigenvalue weighted by atomic mass is 9.91. The van der Waals surface area contributed by atoms with Gasteiger partial charge in [0, 0.05) is 19.1 Å². The third kappa shape index (κ3) is 3.04. The number of aliphatic hydroxyl groups excluding tert-OH is 1. The van der Waals surface area contributed by atoms with Crippen LogP contribution in [0.2, 0.25) is 0 Å². The van der Waals surface area contributed by atoms with Gasteiger partial charge in [-0.15, -0.1) is 0 Å². The third-order valence-corrected chi connectivity index (χ3v) is 4.79. The average Bonchev–Trinajstić information content (AvgIpc) is 3.08. The summed E-state index contributed by atoms with van der Waals surface area (Å²) in [5.74, 6) is 0.918. The Bertz CT molecular complexity index is 288. The zero-order valence-electron chi connectivity index (χ0n) is 11.4. The van der Waals surface area contributed by atoms with Crippen LogP contribution in [0.4, 0.5) is 0 Å². The molecule has 104 valence electrons. The first-order chi connectivity index (χ1) is 8.72. The highest BCUT2D eigenvalue weighted by Crippen LogP contribution is 2.58. The van der Waals surface area contributed by atoms with Crippen LogP contribution in [0.5, 0.6) is 0 Å². The second-order valence-electron chi connectivity index (χ2n) is 5.90. The summed E-state index contributed by atoms with van der Waals surface area (Å²) in [6.45, 7) is 5.17. The van der Waals surface area contributed by atoms with Gasteiger partial charge in [0.2, 0.25) is 5.91 Å². The summed E-state index contributed by atoms with van der Waals surface area (Å²) in [4.78, 5) is 12.1. The predicted molar refractivity (Wildman–Crippen MR) is 71.1 cm³/mol. The molecule has 2 fully saturated rings. The highest BCUT2D eigenvalue weighted by molar-refractivity contribution is 5.82. The Hall–Kier alpha value is -0.610. The summed E-state index contributed by atoms with van der Waals surface area (Å²) in [7, 11) is 0. The molecule has 4 nitrogen and oxygen atoms in total. The fraction of sp³-hybridized carbons (Fsp3) is 0.929. The highest BCUT2D eigenvalue weighted by Gasteiger charge is 2.57. The number of rotatable bonds is 6. The third-order valence-electron chi connectivity index (χ3n) is 4.79. The molecule has 1 amide bonds. The van der Waals surface area contributed by atoms with Crippen LogP contribution in [0, 0.1) is 17.3 Å². The minimum Gasteiger partial charge on any atom is -0.396 e. The average molecular weight is 254 g/mol. The molecule has 1 saturated heterocycles. The number of nitrogens with one attached hydrogen (secondary N) is 2. The van der Waals surface area contributed by atoms with E-state index in [4.69, 9.17) is 5.11 Å². The molecule has 4 heteroatoms. The van der Waals surface area contributed by atoms with Crippen LogP contribution < -0.4 is 10.6 Å². The first kappa shape index (κ1) is 13.8. The van der Waals surface area contributed by atoms with E-state index in [1.807, 2.05) is 0 Å². The van der Waals surface area contributed by atoms with Crippen molar-refractivity contribution in [1.82, 2.24) is 10.6 Å². The van der Waals surface area contributed by atoms with Crippen molar-refractivity contribution in [3.05, 3.63) is 0 Å². The quantitative estimate of drug-likeness (QED) is 0.660. The fourth-order valence-electron chi connectivity index (χ4n) is 3.20. The molecule has 2 rings (SSSR count). The zero-order chi connectivity index (χ0) is 13.0. The molecule has 2 unspecified atom stereocenters. The second kappa shape index (κ2) is 6.02. The molecule has 3 N–H and O–H groups in total. The fourth-order valence-corrected chi connectivity index (χ4v) is 3.20. The molecule has 1 aliphatic carbocycles. The van der Waals surface area contributed by atoms with E-state index < -0.39 is 0 Å². The van der Waals surface area contributed by atoms with Crippen molar-refractivity contribution in [2.75, 3.05) is 26.2 Å². The van der Waals surface area contributed by atoms with Gasteiger partial charge in [0.25, 0.3) is 0 Å². The maximum atomic E-state index is 12.1. The summed E-state index contributed by atoms with van der Waals surface area (Å²) in [5.41, 5.74) is 0.327. The molecule has 1 aliphatic heterocycles. The smallest absolute Gasteiger partial charge is 0.223 e. The van der Waals surface area contributed by atoms with Gasteiger partial charge in [0.15, 0.2) is 0 Å². The van der Waals surface area contributed by atoms with Crippen LogP contribution in [0.15, 0.2) is 0 Å². The molecule has 18 heavy (non-hydrogen) atoms. The van der Waals surface area contributed by atoms with Crippen molar-refractivity contribution in [2.24, 2.45) is 17.3 Å². The summed E-state index contributed by atoms with van der Waals surface area (Å²) in [6.07, 6.45) is 5.19. The number of carbonyl (C=O) groups is 1. The number of aliphatic hydroxyl groups is 1. The first-order valence-corrected chi connectivity index (χ1v) is 7.31. The molecule has 2 aliphatic rings. The van der Waals surface area contributed by atoms with Gasteiger partial charge < -0.3 is 15.7 Å². The Labute approximate surface area is 110 Å². The maximum Gasteiger partial charge on any atom is 0.223 e. The number of hydrogen-bond donors (Lipinski definition) is 3. The molecule has 2 atom stereocenters. The molecule has 1 spiro atoms. The maximum absolute atomic E-state index is 12.1. The van der Waals surface area contributed by atoms with Gasteiger partial charge in [-0.3, -0.25) is 4.79 Å². The van der Waals surface area contributed by atoms with E-state index in [2.05, 4.69) is 17.6 Å². The van der Waals surface area contributed by atoms with Gasteiger partial charge >= 0.3 is 0 Å². The van der Waals surface area contributed by atoms with Gasteiger partial charge in [0.05, 0.1) is 0 Å². The van der Waals surface area contributed by atoms with E-state index in [0.29, 0.717) is 11.3 Å². The lowest BCUT2D eigenvalue weighted by Crippen LogP contribution is -2.35. The van der Waals surface area contributed by atoms with Crippen LogP contribution in [0.3, 0.4) is 0 Å². The lowest BCUT2D eigenvalue weighted by Gasteiger charge is -2.23. The van der Waals surface area contributed by atoms with E-state index in [0.717, 1.165) is 51.7 Å². The Morgan fingerprint density at radius 3 is 2.83 bits per heavy atom. The Balaban J connectivity index is 1.73. The zero-order valence-corrected chi connectivity index (χ0v) is 11.4. The molecular formula is C14H26N2O2. The number of amides is 1. The van der Waals surface area contributed by atoms with Crippen molar-refractivity contribution >= 4 is 5.91 Å². The van der Waals surface area contributed by atoms with Crippen LogP contribution in [-0.4, -0.2) is 37.3 Å². The molecule has 0 bridgehead atoms. The molecule has 0 radical (unpaired) electrons. The first-order valence-electron chi connectivity index (χ1n) is 7.31. The molecule has 1 heterocycles. The predicted octanol–water partition coefficient (Wildman–Crippen LogP) is 0.901. The van der Waals surface area contributed by atoms with Crippen LogP contribution in [-0.2, 0) is 4.79 Å². The van der Waals surface area contributed by atoms with Crippen molar-refractivity contribution in [3.8, 4) is 0 Å². The van der Waals surface area contributed by atoms with Crippen molar-refractivity contribution < 1.29 is 9.90 Å². The minimum atomic E-state index is 0.216. The summed E-state index contributed by atoms with van der Waals surface area (Å²) < 4.78 is 0. The molecule has 1 saturated carbocycles. The van der Waals surface area contributed by atoms with E-state index in [9.17, 15) is 4.79 Å². The van der Waals surface area contributed by atoms with Crippen molar-refractivity contribution in [3.63, 3.8) is 0 Å². The van der Waals surface area contributed by atoms with Gasteiger partial charge in [-0.1, -0.05) is 13.3 Å². The molecule has 0 aromatic rings. The van der Waals surface area contributed by atoms with Crippen LogP contribution in [0.25, 0.3) is 0 Å². The molecular weight excluding hydrogens is 228 g/mol.